The molecular formula is C7H13N3S3. The van der Waals surface area contributed by atoms with E-state index in [1.54, 1.807) is 11.8 Å². The van der Waals surface area contributed by atoms with E-state index in [1.807, 2.05) is 18.0 Å². The molecule has 0 aliphatic heterocycles. The van der Waals surface area contributed by atoms with Crippen LogP contribution in [0.25, 0.3) is 0 Å². The molecule has 0 amide bonds. The summed E-state index contributed by atoms with van der Waals surface area (Å²) in [5.74, 6) is 1.75. The second-order valence-corrected chi connectivity index (χ2v) is 4.93. The molecule has 1 aromatic rings. The molecule has 3 N–H and O–H groups in total. The molecule has 0 saturated carbocycles. The maximum absolute atomic E-state index is 5.69. The number of nitrogens with zero attached hydrogens (tertiary/aromatic N) is 1. The highest BCUT2D eigenvalue weighted by molar-refractivity contribution is 7.99. The molecule has 1 heterocycles. The van der Waals surface area contributed by atoms with Crippen LogP contribution in [0.4, 0.5) is 10.8 Å². The molecule has 0 radical (unpaired) electrons. The van der Waals surface area contributed by atoms with E-state index in [9.17, 15) is 0 Å². The van der Waals surface area contributed by atoms with E-state index >= 15 is 0 Å². The zero-order valence-electron chi connectivity index (χ0n) is 7.66. The van der Waals surface area contributed by atoms with E-state index in [4.69, 9.17) is 5.73 Å². The summed E-state index contributed by atoms with van der Waals surface area (Å²) in [6.07, 6.45) is 4.11. The Morgan fingerprint density at radius 1 is 1.54 bits per heavy atom. The summed E-state index contributed by atoms with van der Waals surface area (Å²) >= 11 is 4.90. The van der Waals surface area contributed by atoms with Crippen LogP contribution in [0.5, 0.6) is 0 Å². The van der Waals surface area contributed by atoms with Gasteiger partial charge in [0, 0.05) is 12.3 Å². The van der Waals surface area contributed by atoms with Gasteiger partial charge in [-0.1, -0.05) is 0 Å². The number of thioether (sulfide) groups is 2. The maximum atomic E-state index is 5.69. The molecule has 0 aromatic carbocycles. The molecule has 74 valence electrons. The Balaban J connectivity index is 2.55. The predicted molar refractivity (Wildman–Crippen MR) is 65.2 cm³/mol. The predicted octanol–water partition coefficient (Wildman–Crippen LogP) is 2.22. The third-order valence-corrected chi connectivity index (χ3v) is 3.85. The highest BCUT2D eigenvalue weighted by Crippen LogP contribution is 2.34. The van der Waals surface area contributed by atoms with Crippen molar-refractivity contribution in [1.29, 1.82) is 0 Å². The molecule has 1 aromatic heterocycles. The van der Waals surface area contributed by atoms with E-state index in [0.29, 0.717) is 5.82 Å². The number of hydrogen-bond donors (Lipinski definition) is 2. The first-order valence-corrected chi connectivity index (χ1v) is 7.20. The van der Waals surface area contributed by atoms with Crippen LogP contribution in [0.3, 0.4) is 0 Å². The summed E-state index contributed by atoms with van der Waals surface area (Å²) in [5, 5.41) is 4.42. The van der Waals surface area contributed by atoms with Crippen LogP contribution in [0.15, 0.2) is 4.90 Å². The van der Waals surface area contributed by atoms with Gasteiger partial charge < -0.3 is 11.1 Å². The Kier molecular flexibility index (Phi) is 4.76. The number of nitrogens with two attached hydrogens (primary N) is 1. The van der Waals surface area contributed by atoms with Gasteiger partial charge in [0.05, 0.1) is 4.90 Å². The lowest BCUT2D eigenvalue weighted by Gasteiger charge is -2.03. The molecule has 0 aliphatic carbocycles. The van der Waals surface area contributed by atoms with Gasteiger partial charge in [0.15, 0.2) is 5.82 Å². The molecular weight excluding hydrogens is 222 g/mol. The summed E-state index contributed by atoms with van der Waals surface area (Å²) in [7, 11) is 0. The van der Waals surface area contributed by atoms with E-state index < -0.39 is 0 Å². The Morgan fingerprint density at radius 2 is 2.31 bits per heavy atom. The summed E-state index contributed by atoms with van der Waals surface area (Å²) in [4.78, 5) is 1.08. The number of nitrogen functional groups attached to an aromatic ring is 1. The minimum absolute atomic E-state index is 0.643. The number of aromatic nitrogens is 1. The monoisotopic (exact) mass is 235 g/mol. The first-order valence-electron chi connectivity index (χ1n) is 3.81. The van der Waals surface area contributed by atoms with Gasteiger partial charge >= 0.3 is 0 Å². The first kappa shape index (κ1) is 11.0. The van der Waals surface area contributed by atoms with Crippen LogP contribution in [0.2, 0.25) is 0 Å². The Bertz CT molecular complexity index is 261. The topological polar surface area (TPSA) is 50.9 Å². The second kappa shape index (κ2) is 5.62. The normalized spacial score (nSPS) is 10.3. The molecule has 0 unspecified atom stereocenters. The zero-order valence-corrected chi connectivity index (χ0v) is 10.1. The summed E-state index contributed by atoms with van der Waals surface area (Å²) < 4.78 is 4.10. The molecule has 6 heteroatoms. The highest BCUT2D eigenvalue weighted by atomic mass is 32.2. The first-order chi connectivity index (χ1) is 6.29. The van der Waals surface area contributed by atoms with Gasteiger partial charge in [0.25, 0.3) is 0 Å². The van der Waals surface area contributed by atoms with Crippen LogP contribution in [-0.2, 0) is 0 Å². The molecule has 3 nitrogen and oxygen atoms in total. The largest absolute Gasteiger partial charge is 0.382 e. The maximum Gasteiger partial charge on any atom is 0.153 e. The zero-order chi connectivity index (χ0) is 9.68. The Hall–Kier alpha value is -0.0700. The summed E-state index contributed by atoms with van der Waals surface area (Å²) in [5.41, 5.74) is 5.69. The van der Waals surface area contributed by atoms with Crippen LogP contribution >= 0.6 is 35.1 Å². The fourth-order valence-electron chi connectivity index (χ4n) is 0.870. The molecule has 0 spiro atoms. The van der Waals surface area contributed by atoms with E-state index in [-0.39, 0.29) is 0 Å². The lowest BCUT2D eigenvalue weighted by molar-refractivity contribution is 1.23. The van der Waals surface area contributed by atoms with Crippen molar-refractivity contribution in [1.82, 2.24) is 4.37 Å². The van der Waals surface area contributed by atoms with Gasteiger partial charge in [-0.05, 0) is 24.0 Å². The molecule has 0 aliphatic rings. The van der Waals surface area contributed by atoms with Crippen LogP contribution < -0.4 is 11.1 Å². The quantitative estimate of drug-likeness (QED) is 0.605. The van der Waals surface area contributed by atoms with Crippen molar-refractivity contribution < 1.29 is 0 Å². The third-order valence-electron chi connectivity index (χ3n) is 1.47. The van der Waals surface area contributed by atoms with Crippen molar-refractivity contribution >= 4 is 45.9 Å². The lowest BCUT2D eigenvalue weighted by atomic mass is 10.6. The van der Waals surface area contributed by atoms with Crippen molar-refractivity contribution in [3.63, 3.8) is 0 Å². The molecule has 0 bridgehead atoms. The van der Waals surface area contributed by atoms with Gasteiger partial charge in [-0.15, -0.1) is 11.8 Å². The smallest absolute Gasteiger partial charge is 0.153 e. The fourth-order valence-corrected chi connectivity index (χ4v) is 2.74. The number of nitrogens with one attached hydrogen (secondary N) is 1. The Labute approximate surface area is 91.0 Å². The third kappa shape index (κ3) is 2.96. The van der Waals surface area contributed by atoms with Crippen molar-refractivity contribution in [2.24, 2.45) is 0 Å². The lowest BCUT2D eigenvalue weighted by Crippen LogP contribution is -2.02. The van der Waals surface area contributed by atoms with Crippen LogP contribution in [-0.4, -0.2) is 29.2 Å². The van der Waals surface area contributed by atoms with Gasteiger partial charge in [-0.3, -0.25) is 0 Å². The average molecular weight is 235 g/mol. The second-order valence-electron chi connectivity index (χ2n) is 2.35. The van der Waals surface area contributed by atoms with Crippen molar-refractivity contribution in [3.05, 3.63) is 0 Å². The van der Waals surface area contributed by atoms with Gasteiger partial charge in [-0.25, -0.2) is 0 Å². The van der Waals surface area contributed by atoms with Gasteiger partial charge in [0.1, 0.15) is 5.00 Å². The number of rotatable bonds is 5. The minimum Gasteiger partial charge on any atom is -0.382 e. The molecule has 13 heavy (non-hydrogen) atoms. The molecule has 1 rings (SSSR count). The summed E-state index contributed by atoms with van der Waals surface area (Å²) in [6, 6.07) is 0. The highest BCUT2D eigenvalue weighted by Gasteiger charge is 2.08. The molecule has 0 saturated heterocycles. The number of anilines is 2. The molecule has 0 fully saturated rings. The fraction of sp³-hybridized carbons (Fsp3) is 0.571. The SMILES string of the molecule is CSCCNc1snc(N)c1SC. The Morgan fingerprint density at radius 3 is 2.92 bits per heavy atom. The molecule has 0 atom stereocenters. The van der Waals surface area contributed by atoms with Gasteiger partial charge in [0.2, 0.25) is 0 Å². The van der Waals surface area contributed by atoms with Crippen molar-refractivity contribution in [3.8, 4) is 0 Å². The van der Waals surface area contributed by atoms with Crippen molar-refractivity contribution in [2.45, 2.75) is 4.90 Å². The van der Waals surface area contributed by atoms with Crippen LogP contribution in [0, 0.1) is 0 Å². The minimum atomic E-state index is 0.643. The standard InChI is InChI=1S/C7H13N3S3/c1-11-4-3-9-7-5(12-2)6(8)10-13-7/h9H,3-4H2,1-2H3,(H2,8,10). The van der Waals surface area contributed by atoms with E-state index in [2.05, 4.69) is 15.9 Å². The summed E-state index contributed by atoms with van der Waals surface area (Å²) in [6.45, 7) is 0.969. The van der Waals surface area contributed by atoms with E-state index in [1.165, 1.54) is 11.5 Å². The van der Waals surface area contributed by atoms with Gasteiger partial charge in [-0.2, -0.15) is 16.1 Å². The van der Waals surface area contributed by atoms with Crippen molar-refractivity contribution in [2.75, 3.05) is 35.9 Å². The number of hydrogen-bond acceptors (Lipinski definition) is 6. The van der Waals surface area contributed by atoms with E-state index in [0.717, 1.165) is 22.2 Å². The van der Waals surface area contributed by atoms with Crippen LogP contribution in [0.1, 0.15) is 0 Å². The average Bonchev–Trinajstić information content (AvgIpc) is 2.47.